The first-order valence-electron chi connectivity index (χ1n) is 12.2. The molecular formula is C26H25F5N2O4S. The molecule has 1 saturated heterocycles. The fourth-order valence-corrected chi connectivity index (χ4v) is 6.12. The molecule has 3 fully saturated rings. The minimum absolute atomic E-state index is 0.00471. The van der Waals surface area contributed by atoms with Crippen LogP contribution in [0, 0.1) is 11.7 Å². The van der Waals surface area contributed by atoms with Crippen LogP contribution in [0.2, 0.25) is 0 Å². The Hall–Kier alpha value is -3.02. The summed E-state index contributed by atoms with van der Waals surface area (Å²) in [5.74, 6) is -2.54. The highest BCUT2D eigenvalue weighted by molar-refractivity contribution is 7.90. The van der Waals surface area contributed by atoms with Crippen molar-refractivity contribution in [3.63, 3.8) is 0 Å². The average Bonchev–Trinajstić information content (AvgIpc) is 3.49. The van der Waals surface area contributed by atoms with Gasteiger partial charge in [-0.3, -0.25) is 9.59 Å². The molecule has 38 heavy (non-hydrogen) atoms. The van der Waals surface area contributed by atoms with E-state index in [1.165, 1.54) is 29.2 Å². The van der Waals surface area contributed by atoms with Gasteiger partial charge in [0.2, 0.25) is 5.91 Å². The van der Waals surface area contributed by atoms with Gasteiger partial charge in [0.05, 0.1) is 16.5 Å². The number of likely N-dealkylation sites (tertiary alicyclic amines) is 1. The predicted octanol–water partition coefficient (Wildman–Crippen LogP) is 4.60. The normalized spacial score (nSPS) is 24.8. The van der Waals surface area contributed by atoms with Crippen molar-refractivity contribution >= 4 is 21.7 Å². The van der Waals surface area contributed by atoms with Crippen LogP contribution < -0.4 is 5.32 Å². The Morgan fingerprint density at radius 1 is 1.11 bits per heavy atom. The standard InChI is InChI=1S/C26H25F5N2O4S/c1-38(36,37)17-5-2-4-14(10-17)24(35)33-20-11-15(20)12-21(33)23(34)32-22(25(28)8-3-9-25)18-7-6-16(13-19(18)27)26(29,30)31/h2,4-7,10,13,15,20-22H,3,8-9,11-12H2,1H3,(H,32,34)/t15-,20-,21-,22+/m1/s1. The smallest absolute Gasteiger partial charge is 0.344 e. The molecule has 0 spiro atoms. The zero-order valence-electron chi connectivity index (χ0n) is 20.3. The fraction of sp³-hybridized carbons (Fsp3) is 0.462. The molecule has 2 saturated carbocycles. The number of benzene rings is 2. The monoisotopic (exact) mass is 556 g/mol. The highest BCUT2D eigenvalue weighted by Crippen LogP contribution is 2.50. The van der Waals surface area contributed by atoms with Gasteiger partial charge in [0, 0.05) is 23.4 Å². The van der Waals surface area contributed by atoms with Gasteiger partial charge in [0.25, 0.3) is 5.91 Å². The fourth-order valence-electron chi connectivity index (χ4n) is 5.46. The molecule has 204 valence electrons. The van der Waals surface area contributed by atoms with Crippen LogP contribution in [-0.2, 0) is 20.8 Å². The lowest BCUT2D eigenvalue weighted by atomic mass is 9.73. The van der Waals surface area contributed by atoms with Crippen LogP contribution in [0.1, 0.15) is 59.6 Å². The first kappa shape index (κ1) is 26.6. The van der Waals surface area contributed by atoms with Gasteiger partial charge in [-0.15, -0.1) is 0 Å². The highest BCUT2D eigenvalue weighted by atomic mass is 32.2. The first-order chi connectivity index (χ1) is 17.7. The summed E-state index contributed by atoms with van der Waals surface area (Å²) in [6.45, 7) is 0. The van der Waals surface area contributed by atoms with Crippen LogP contribution >= 0.6 is 0 Å². The summed E-state index contributed by atoms with van der Waals surface area (Å²) in [6.07, 6.45) is -2.37. The number of piperidine rings is 1. The number of fused-ring (bicyclic) bond motifs is 1. The zero-order chi connectivity index (χ0) is 27.6. The third-order valence-corrected chi connectivity index (χ3v) is 8.89. The predicted molar refractivity (Wildman–Crippen MR) is 126 cm³/mol. The molecule has 12 heteroatoms. The SMILES string of the molecule is CS(=O)(=O)c1cccc(C(=O)N2[C@@H](C(=O)N[C@@H](c3ccc(C(F)(F)F)cc3F)C3(F)CCC3)C[C@H]3C[C@H]32)c1. The Labute approximate surface area is 216 Å². The summed E-state index contributed by atoms with van der Waals surface area (Å²) in [6, 6.07) is 4.42. The van der Waals surface area contributed by atoms with E-state index >= 15 is 4.39 Å². The summed E-state index contributed by atoms with van der Waals surface area (Å²) >= 11 is 0. The van der Waals surface area contributed by atoms with E-state index in [9.17, 15) is 35.6 Å². The molecule has 2 amide bonds. The Bertz CT molecular complexity index is 1410. The number of hydrogen-bond donors (Lipinski definition) is 1. The number of alkyl halides is 4. The number of amides is 2. The maximum atomic E-state index is 15.6. The van der Waals surface area contributed by atoms with Crippen molar-refractivity contribution in [2.24, 2.45) is 5.92 Å². The van der Waals surface area contributed by atoms with Gasteiger partial charge in [-0.05, 0) is 68.4 Å². The van der Waals surface area contributed by atoms with Gasteiger partial charge < -0.3 is 10.2 Å². The molecule has 2 aromatic rings. The van der Waals surface area contributed by atoms with Gasteiger partial charge in [0.15, 0.2) is 9.84 Å². The third kappa shape index (κ3) is 4.78. The summed E-state index contributed by atoms with van der Waals surface area (Å²) in [5, 5.41) is 2.50. The number of hydrogen-bond acceptors (Lipinski definition) is 4. The van der Waals surface area contributed by atoms with Crippen LogP contribution in [0.3, 0.4) is 0 Å². The molecule has 5 rings (SSSR count). The Kier molecular flexibility index (Phi) is 6.32. The summed E-state index contributed by atoms with van der Waals surface area (Å²) in [7, 11) is -3.59. The molecule has 1 N–H and O–H groups in total. The zero-order valence-corrected chi connectivity index (χ0v) is 21.1. The van der Waals surface area contributed by atoms with E-state index in [1.54, 1.807) is 0 Å². The Morgan fingerprint density at radius 2 is 1.82 bits per heavy atom. The van der Waals surface area contributed by atoms with Crippen LogP contribution in [0.5, 0.6) is 0 Å². The lowest BCUT2D eigenvalue weighted by Gasteiger charge is -2.42. The Balaban J connectivity index is 1.42. The summed E-state index contributed by atoms with van der Waals surface area (Å²) in [4.78, 5) is 28.1. The molecular weight excluding hydrogens is 531 g/mol. The van der Waals surface area contributed by atoms with Crippen LogP contribution in [0.15, 0.2) is 47.4 Å². The second-order valence-corrected chi connectivity index (χ2v) is 12.4. The molecule has 0 unspecified atom stereocenters. The van der Waals surface area contributed by atoms with Crippen molar-refractivity contribution in [2.75, 3.05) is 6.26 Å². The van der Waals surface area contributed by atoms with Crippen molar-refractivity contribution in [3.8, 4) is 0 Å². The molecule has 1 heterocycles. The summed E-state index contributed by atoms with van der Waals surface area (Å²) in [5.41, 5.74) is -3.59. The van der Waals surface area contributed by atoms with E-state index in [0.717, 1.165) is 12.3 Å². The van der Waals surface area contributed by atoms with E-state index in [-0.39, 0.29) is 47.7 Å². The highest BCUT2D eigenvalue weighted by Gasteiger charge is 2.57. The number of halogens is 5. The Morgan fingerprint density at radius 3 is 2.39 bits per heavy atom. The van der Waals surface area contributed by atoms with Crippen molar-refractivity contribution in [2.45, 2.75) is 67.0 Å². The maximum Gasteiger partial charge on any atom is 0.416 e. The lowest BCUT2D eigenvalue weighted by molar-refractivity contribution is -0.137. The number of rotatable bonds is 6. The van der Waals surface area contributed by atoms with E-state index in [1.807, 2.05) is 0 Å². The van der Waals surface area contributed by atoms with E-state index in [4.69, 9.17) is 0 Å². The van der Waals surface area contributed by atoms with Gasteiger partial charge in [0.1, 0.15) is 17.5 Å². The van der Waals surface area contributed by atoms with Crippen molar-refractivity contribution in [1.29, 1.82) is 0 Å². The van der Waals surface area contributed by atoms with Crippen molar-refractivity contribution in [1.82, 2.24) is 10.2 Å². The number of carbonyl (C=O) groups excluding carboxylic acids is 2. The van der Waals surface area contributed by atoms with Crippen LogP contribution in [-0.4, -0.2) is 49.1 Å². The van der Waals surface area contributed by atoms with Crippen LogP contribution in [0.4, 0.5) is 22.0 Å². The topological polar surface area (TPSA) is 83.6 Å². The molecule has 0 radical (unpaired) electrons. The lowest BCUT2D eigenvalue weighted by Crippen LogP contribution is -2.53. The minimum atomic E-state index is -4.79. The number of carbonyl (C=O) groups is 2. The second-order valence-electron chi connectivity index (χ2n) is 10.4. The number of sulfone groups is 1. The van der Waals surface area contributed by atoms with Gasteiger partial charge >= 0.3 is 6.18 Å². The van der Waals surface area contributed by atoms with Crippen molar-refractivity contribution in [3.05, 3.63) is 65.0 Å². The number of nitrogens with zero attached hydrogens (tertiary/aromatic N) is 1. The minimum Gasteiger partial charge on any atom is -0.344 e. The van der Waals surface area contributed by atoms with Gasteiger partial charge in [-0.2, -0.15) is 13.2 Å². The molecule has 2 aromatic carbocycles. The van der Waals surface area contributed by atoms with Gasteiger partial charge in [-0.25, -0.2) is 17.2 Å². The molecule has 0 bridgehead atoms. The van der Waals surface area contributed by atoms with E-state index in [0.29, 0.717) is 18.9 Å². The maximum absolute atomic E-state index is 15.6. The largest absolute Gasteiger partial charge is 0.416 e. The summed E-state index contributed by atoms with van der Waals surface area (Å²) < 4.78 is 93.5. The van der Waals surface area contributed by atoms with Crippen LogP contribution in [0.25, 0.3) is 0 Å². The van der Waals surface area contributed by atoms with Crippen molar-refractivity contribution < 1.29 is 40.0 Å². The number of nitrogens with one attached hydrogen (secondary N) is 1. The molecule has 4 atom stereocenters. The van der Waals surface area contributed by atoms with Gasteiger partial charge in [-0.1, -0.05) is 12.1 Å². The van der Waals surface area contributed by atoms with E-state index < -0.39 is 62.5 Å². The molecule has 1 aliphatic heterocycles. The first-order valence-corrected chi connectivity index (χ1v) is 14.1. The average molecular weight is 557 g/mol. The molecule has 2 aliphatic carbocycles. The third-order valence-electron chi connectivity index (χ3n) is 7.78. The van der Waals surface area contributed by atoms with E-state index in [2.05, 4.69) is 5.32 Å². The molecule has 3 aliphatic rings. The second kappa shape index (κ2) is 9.03. The molecule has 6 nitrogen and oxygen atoms in total. The molecule has 0 aromatic heterocycles. The quantitative estimate of drug-likeness (QED) is 0.528.